The normalized spacial score (nSPS) is 11.4. The number of sulfone groups is 1. The van der Waals surface area contributed by atoms with Gasteiger partial charge in [0.05, 0.1) is 14.9 Å². The van der Waals surface area contributed by atoms with Crippen molar-refractivity contribution in [3.05, 3.63) is 63.1 Å². The lowest BCUT2D eigenvalue weighted by molar-refractivity contribution is 0.102. The van der Waals surface area contributed by atoms with Crippen molar-refractivity contribution in [3.63, 3.8) is 0 Å². The largest absolute Gasteiger partial charge is 0.293 e. The molecule has 0 bridgehead atoms. The van der Waals surface area contributed by atoms with E-state index in [1.807, 2.05) is 0 Å². The number of carbonyl (C=O) groups excluding carboxylic acids is 1. The highest BCUT2D eigenvalue weighted by Crippen LogP contribution is 2.27. The molecule has 21 heavy (non-hydrogen) atoms. The molecule has 7 heteroatoms. The molecule has 2 aromatic rings. The van der Waals surface area contributed by atoms with Crippen molar-refractivity contribution in [2.45, 2.75) is 4.90 Å². The molecule has 0 N–H and O–H groups in total. The average molecular weight is 364 g/mol. The van der Waals surface area contributed by atoms with Crippen LogP contribution in [0.4, 0.5) is 0 Å². The Morgan fingerprint density at radius 1 is 0.952 bits per heavy atom. The summed E-state index contributed by atoms with van der Waals surface area (Å²) < 4.78 is 24.6. The maximum Gasteiger partial charge on any atom is 0.187 e. The summed E-state index contributed by atoms with van der Waals surface area (Å²) in [6, 6.07) is 10.3. The lowest BCUT2D eigenvalue weighted by atomic mass is 10.1. The molecule has 110 valence electrons. The molecule has 0 amide bonds. The summed E-state index contributed by atoms with van der Waals surface area (Å²) in [6.45, 7) is 0. The van der Waals surface area contributed by atoms with Crippen LogP contribution in [0.1, 0.15) is 10.4 Å². The van der Waals surface area contributed by atoms with Gasteiger partial charge in [-0.05, 0) is 30.3 Å². The first-order valence-electron chi connectivity index (χ1n) is 5.77. The topological polar surface area (TPSA) is 51.2 Å². The molecular weight excluding hydrogens is 355 g/mol. The van der Waals surface area contributed by atoms with E-state index >= 15 is 0 Å². The molecule has 0 aliphatic carbocycles. The molecule has 0 radical (unpaired) electrons. The average Bonchev–Trinajstić information content (AvgIpc) is 2.41. The van der Waals surface area contributed by atoms with Crippen LogP contribution in [-0.4, -0.2) is 20.0 Å². The molecule has 0 atom stereocenters. The smallest absolute Gasteiger partial charge is 0.187 e. The van der Waals surface area contributed by atoms with Crippen molar-refractivity contribution in [2.24, 2.45) is 0 Å². The third-order valence-corrected chi connectivity index (χ3v) is 5.38. The second-order valence-corrected chi connectivity index (χ2v) is 7.45. The van der Waals surface area contributed by atoms with Gasteiger partial charge in [-0.25, -0.2) is 8.42 Å². The molecule has 0 aromatic heterocycles. The minimum atomic E-state index is -3.90. The number of halogens is 3. The van der Waals surface area contributed by atoms with Crippen LogP contribution in [0.15, 0.2) is 47.4 Å². The number of hydrogen-bond donors (Lipinski definition) is 0. The molecule has 0 spiro atoms. The van der Waals surface area contributed by atoms with Crippen LogP contribution in [0.3, 0.4) is 0 Å². The Morgan fingerprint density at radius 2 is 1.62 bits per heavy atom. The maximum absolute atomic E-state index is 12.3. The fourth-order valence-corrected chi connectivity index (χ4v) is 4.01. The number of hydrogen-bond acceptors (Lipinski definition) is 3. The first-order chi connectivity index (χ1) is 9.81. The zero-order valence-corrected chi connectivity index (χ0v) is 13.6. The second kappa shape index (κ2) is 6.36. The van der Waals surface area contributed by atoms with E-state index in [-0.39, 0.29) is 25.5 Å². The number of Topliss-reactive ketones (excluding diaryl/α,β-unsaturated/α-hetero) is 1. The Balaban J connectivity index is 2.36. The van der Waals surface area contributed by atoms with Crippen LogP contribution in [0.2, 0.25) is 15.1 Å². The molecule has 0 aliphatic heterocycles. The SMILES string of the molecule is O=C(CS(=O)(=O)c1cc(Cl)ccc1Cl)c1ccccc1Cl. The third kappa shape index (κ3) is 3.77. The molecule has 2 aromatic carbocycles. The summed E-state index contributed by atoms with van der Waals surface area (Å²) >= 11 is 17.5. The van der Waals surface area contributed by atoms with E-state index in [9.17, 15) is 13.2 Å². The summed E-state index contributed by atoms with van der Waals surface area (Å²) in [6.07, 6.45) is 0. The highest BCUT2D eigenvalue weighted by atomic mass is 35.5. The van der Waals surface area contributed by atoms with Crippen LogP contribution in [0, 0.1) is 0 Å². The third-order valence-electron chi connectivity index (χ3n) is 2.72. The molecule has 0 saturated heterocycles. The molecule has 3 nitrogen and oxygen atoms in total. The monoisotopic (exact) mass is 362 g/mol. The minimum Gasteiger partial charge on any atom is -0.293 e. The summed E-state index contributed by atoms with van der Waals surface area (Å²) in [7, 11) is -3.90. The lowest BCUT2D eigenvalue weighted by Gasteiger charge is -2.07. The maximum atomic E-state index is 12.3. The van der Waals surface area contributed by atoms with Crippen LogP contribution < -0.4 is 0 Å². The van der Waals surface area contributed by atoms with E-state index < -0.39 is 21.4 Å². The molecule has 0 heterocycles. The van der Waals surface area contributed by atoms with Crippen molar-refractivity contribution in [1.29, 1.82) is 0 Å². The highest BCUT2D eigenvalue weighted by Gasteiger charge is 2.24. The quantitative estimate of drug-likeness (QED) is 0.761. The Labute approximate surface area is 137 Å². The van der Waals surface area contributed by atoms with Gasteiger partial charge in [-0.3, -0.25) is 4.79 Å². The highest BCUT2D eigenvalue weighted by molar-refractivity contribution is 7.92. The van der Waals surface area contributed by atoms with Gasteiger partial charge in [-0.15, -0.1) is 0 Å². The van der Waals surface area contributed by atoms with Gasteiger partial charge >= 0.3 is 0 Å². The van der Waals surface area contributed by atoms with Gasteiger partial charge in [-0.1, -0.05) is 46.9 Å². The van der Waals surface area contributed by atoms with Gasteiger partial charge in [0, 0.05) is 10.6 Å². The standard InChI is InChI=1S/C14H9Cl3O3S/c15-9-5-6-12(17)14(7-9)21(19,20)8-13(18)10-3-1-2-4-11(10)16/h1-7H,8H2. The van der Waals surface area contributed by atoms with E-state index in [4.69, 9.17) is 34.8 Å². The van der Waals surface area contributed by atoms with Crippen LogP contribution >= 0.6 is 34.8 Å². The first kappa shape index (κ1) is 16.3. The van der Waals surface area contributed by atoms with Crippen LogP contribution in [0.25, 0.3) is 0 Å². The van der Waals surface area contributed by atoms with Gasteiger partial charge in [0.1, 0.15) is 5.75 Å². The van der Waals surface area contributed by atoms with E-state index in [0.29, 0.717) is 0 Å². The van der Waals surface area contributed by atoms with Crippen LogP contribution in [-0.2, 0) is 9.84 Å². The lowest BCUT2D eigenvalue weighted by Crippen LogP contribution is -2.17. The Bertz CT molecular complexity index is 801. The minimum absolute atomic E-state index is 0.0198. The Hall–Kier alpha value is -1.07. The zero-order valence-electron chi connectivity index (χ0n) is 10.5. The number of ketones is 1. The summed E-state index contributed by atoms with van der Waals surface area (Å²) in [4.78, 5) is 11.9. The molecule has 0 saturated carbocycles. The molecular formula is C14H9Cl3O3S. The van der Waals surface area contributed by atoms with Crippen molar-refractivity contribution >= 4 is 50.4 Å². The van der Waals surface area contributed by atoms with E-state index in [0.717, 1.165) is 0 Å². The Kier molecular flexibility index (Phi) is 4.94. The summed E-state index contributed by atoms with van der Waals surface area (Å²) in [5.74, 6) is -1.33. The molecule has 0 unspecified atom stereocenters. The fraction of sp³-hybridized carbons (Fsp3) is 0.0714. The summed E-state index contributed by atoms with van der Waals surface area (Å²) in [5.41, 5.74) is 0.154. The van der Waals surface area contributed by atoms with Gasteiger partial charge in [0.25, 0.3) is 0 Å². The molecule has 2 rings (SSSR count). The molecule has 0 fully saturated rings. The van der Waals surface area contributed by atoms with Gasteiger partial charge in [0.15, 0.2) is 15.6 Å². The summed E-state index contributed by atoms with van der Waals surface area (Å²) in [5, 5.41) is 0.449. The van der Waals surface area contributed by atoms with E-state index in [1.165, 1.54) is 30.3 Å². The van der Waals surface area contributed by atoms with Gasteiger partial charge in [-0.2, -0.15) is 0 Å². The van der Waals surface area contributed by atoms with Crippen molar-refractivity contribution in [2.75, 3.05) is 5.75 Å². The van der Waals surface area contributed by atoms with E-state index in [1.54, 1.807) is 12.1 Å². The number of benzene rings is 2. The van der Waals surface area contributed by atoms with Crippen molar-refractivity contribution in [1.82, 2.24) is 0 Å². The predicted octanol–water partition coefficient (Wildman–Crippen LogP) is 4.30. The first-order valence-corrected chi connectivity index (χ1v) is 8.55. The van der Waals surface area contributed by atoms with Gasteiger partial charge < -0.3 is 0 Å². The van der Waals surface area contributed by atoms with Crippen molar-refractivity contribution < 1.29 is 13.2 Å². The Morgan fingerprint density at radius 3 is 2.29 bits per heavy atom. The van der Waals surface area contributed by atoms with Gasteiger partial charge in [0.2, 0.25) is 0 Å². The van der Waals surface area contributed by atoms with Crippen LogP contribution in [0.5, 0.6) is 0 Å². The number of carbonyl (C=O) groups is 1. The fourth-order valence-electron chi connectivity index (χ4n) is 1.73. The van der Waals surface area contributed by atoms with E-state index in [2.05, 4.69) is 0 Å². The van der Waals surface area contributed by atoms with Crippen molar-refractivity contribution in [3.8, 4) is 0 Å². The second-order valence-electron chi connectivity index (χ2n) is 4.24. The zero-order chi connectivity index (χ0) is 15.6. The number of rotatable bonds is 4. The predicted molar refractivity (Wildman–Crippen MR) is 84.3 cm³/mol. The molecule has 0 aliphatic rings.